The molecule has 4 heteroatoms. The van der Waals surface area contributed by atoms with E-state index in [2.05, 4.69) is 17.0 Å². The van der Waals surface area contributed by atoms with Crippen LogP contribution in [0.25, 0.3) is 0 Å². The summed E-state index contributed by atoms with van der Waals surface area (Å²) < 4.78 is 0. The first kappa shape index (κ1) is 12.3. The first-order valence-corrected chi connectivity index (χ1v) is 7.27. The zero-order valence-corrected chi connectivity index (χ0v) is 9.97. The van der Waals surface area contributed by atoms with E-state index in [1.165, 1.54) is 5.69 Å². The van der Waals surface area contributed by atoms with Gasteiger partial charge in [0.05, 0.1) is 0 Å². The van der Waals surface area contributed by atoms with Gasteiger partial charge >= 0.3 is 35.0 Å². The van der Waals surface area contributed by atoms with Crippen LogP contribution in [-0.2, 0) is 15.9 Å². The molecule has 0 saturated carbocycles. The van der Waals surface area contributed by atoms with Gasteiger partial charge in [0, 0.05) is 19.8 Å². The Morgan fingerprint density at radius 2 is 1.50 bits per heavy atom. The van der Waals surface area contributed by atoms with Crippen molar-refractivity contribution in [2.45, 2.75) is 0 Å². The number of para-hydroxylation sites is 1. The molecular weight excluding hydrogens is 287 g/mol. The second-order valence-electron chi connectivity index (χ2n) is 2.28. The number of rotatable bonds is 1. The molecular formula is C8H11Cl2NPd. The van der Waals surface area contributed by atoms with Crippen molar-refractivity contribution in [1.29, 1.82) is 0 Å². The summed E-state index contributed by atoms with van der Waals surface area (Å²) in [4.78, 5) is 2.08. The normalized spacial score (nSPS) is 8.67. The molecule has 0 saturated heterocycles. The third-order valence-corrected chi connectivity index (χ3v) is 1.27. The molecule has 0 atom stereocenters. The van der Waals surface area contributed by atoms with Gasteiger partial charge < -0.3 is 4.90 Å². The Balaban J connectivity index is 0.000000354. The quantitative estimate of drug-likeness (QED) is 0.720. The van der Waals surface area contributed by atoms with Gasteiger partial charge in [-0.05, 0) is 12.1 Å². The van der Waals surface area contributed by atoms with Crippen molar-refractivity contribution >= 4 is 24.7 Å². The Morgan fingerprint density at radius 1 is 1.08 bits per heavy atom. The Labute approximate surface area is 89.8 Å². The Morgan fingerprint density at radius 3 is 1.75 bits per heavy atom. The number of benzene rings is 1. The summed E-state index contributed by atoms with van der Waals surface area (Å²) in [6.45, 7) is 0. The molecule has 0 bridgehead atoms. The van der Waals surface area contributed by atoms with Crippen LogP contribution in [0.15, 0.2) is 30.3 Å². The van der Waals surface area contributed by atoms with Gasteiger partial charge in [0.15, 0.2) is 0 Å². The summed E-state index contributed by atoms with van der Waals surface area (Å²) in [7, 11) is 13.7. The standard InChI is InChI=1S/C8H11N.2ClH.Pd/c1-9(2)8-6-4-3-5-7-8;;;/h3-7H,1-2H3;2*1H;/q;;;+2/p-2. The zero-order valence-electron chi connectivity index (χ0n) is 6.91. The molecule has 0 aliphatic carbocycles. The molecule has 1 aromatic carbocycles. The van der Waals surface area contributed by atoms with E-state index in [0.29, 0.717) is 0 Å². The van der Waals surface area contributed by atoms with Crippen molar-refractivity contribution in [2.75, 3.05) is 19.0 Å². The summed E-state index contributed by atoms with van der Waals surface area (Å²) in [5, 5.41) is 0. The van der Waals surface area contributed by atoms with Crippen LogP contribution in [0.5, 0.6) is 0 Å². The number of halogens is 2. The van der Waals surface area contributed by atoms with Gasteiger partial charge in [-0.2, -0.15) is 0 Å². The van der Waals surface area contributed by atoms with Crippen molar-refractivity contribution in [1.82, 2.24) is 0 Å². The second kappa shape index (κ2) is 7.89. The maximum absolute atomic E-state index is 4.81. The Hall–Kier alpha value is 0.262. The van der Waals surface area contributed by atoms with Crippen molar-refractivity contribution in [2.24, 2.45) is 0 Å². The van der Waals surface area contributed by atoms with E-state index in [1.54, 1.807) is 0 Å². The predicted molar refractivity (Wildman–Crippen MR) is 52.5 cm³/mol. The predicted octanol–water partition coefficient (Wildman–Crippen LogP) is 3.13. The first-order valence-electron chi connectivity index (χ1n) is 3.27. The van der Waals surface area contributed by atoms with Crippen LogP contribution >= 0.6 is 19.1 Å². The van der Waals surface area contributed by atoms with Crippen molar-refractivity contribution in [3.63, 3.8) is 0 Å². The van der Waals surface area contributed by atoms with E-state index >= 15 is 0 Å². The molecule has 72 valence electrons. The van der Waals surface area contributed by atoms with Gasteiger partial charge in [-0.25, -0.2) is 0 Å². The van der Waals surface area contributed by atoms with Gasteiger partial charge in [0.25, 0.3) is 0 Å². The molecule has 0 heterocycles. The van der Waals surface area contributed by atoms with Gasteiger partial charge in [0.2, 0.25) is 0 Å². The first-order chi connectivity index (χ1) is 5.72. The molecule has 0 unspecified atom stereocenters. The summed E-state index contributed by atoms with van der Waals surface area (Å²) in [6, 6.07) is 10.3. The molecule has 0 spiro atoms. The van der Waals surface area contributed by atoms with Crippen molar-refractivity contribution < 1.29 is 15.9 Å². The average molecular weight is 299 g/mol. The summed E-state index contributed by atoms with van der Waals surface area (Å²) in [5.74, 6) is 0. The molecule has 0 aliphatic heterocycles. The van der Waals surface area contributed by atoms with Crippen LogP contribution in [0.3, 0.4) is 0 Å². The summed E-state index contributed by atoms with van der Waals surface area (Å²) in [6.07, 6.45) is 0. The third-order valence-electron chi connectivity index (χ3n) is 1.27. The molecule has 1 aromatic rings. The molecule has 0 radical (unpaired) electrons. The molecule has 12 heavy (non-hydrogen) atoms. The number of nitrogens with zero attached hydrogens (tertiary/aromatic N) is 1. The van der Waals surface area contributed by atoms with E-state index in [1.807, 2.05) is 32.3 Å². The van der Waals surface area contributed by atoms with E-state index in [-0.39, 0.29) is 15.9 Å². The number of hydrogen-bond acceptors (Lipinski definition) is 1. The molecule has 0 N–H and O–H groups in total. The summed E-state index contributed by atoms with van der Waals surface area (Å²) >= 11 is -0.106. The fourth-order valence-electron chi connectivity index (χ4n) is 0.726. The zero-order chi connectivity index (χ0) is 9.40. The molecule has 0 amide bonds. The fraction of sp³-hybridized carbons (Fsp3) is 0.250. The maximum atomic E-state index is 4.81. The minimum atomic E-state index is -0.106. The third kappa shape index (κ3) is 5.86. The van der Waals surface area contributed by atoms with E-state index in [4.69, 9.17) is 19.1 Å². The van der Waals surface area contributed by atoms with Crippen LogP contribution in [0.2, 0.25) is 0 Å². The van der Waals surface area contributed by atoms with Gasteiger partial charge in [0.1, 0.15) is 0 Å². The number of anilines is 1. The fourth-order valence-corrected chi connectivity index (χ4v) is 0.726. The van der Waals surface area contributed by atoms with Crippen molar-refractivity contribution in [3.8, 4) is 0 Å². The molecule has 0 aliphatic rings. The molecule has 1 nitrogen and oxygen atoms in total. The van der Waals surface area contributed by atoms with Crippen LogP contribution in [0.1, 0.15) is 0 Å². The van der Waals surface area contributed by atoms with E-state index < -0.39 is 0 Å². The van der Waals surface area contributed by atoms with Crippen molar-refractivity contribution in [3.05, 3.63) is 30.3 Å². The minimum absolute atomic E-state index is 0.106. The van der Waals surface area contributed by atoms with Gasteiger partial charge in [-0.3, -0.25) is 0 Å². The van der Waals surface area contributed by atoms with E-state index in [9.17, 15) is 0 Å². The Kier molecular flexibility index (Phi) is 8.06. The molecule has 1 rings (SSSR count). The van der Waals surface area contributed by atoms with Crippen LogP contribution in [-0.4, -0.2) is 14.1 Å². The topological polar surface area (TPSA) is 3.24 Å². The van der Waals surface area contributed by atoms with Gasteiger partial charge in [-0.15, -0.1) is 0 Å². The van der Waals surface area contributed by atoms with Crippen LogP contribution in [0.4, 0.5) is 5.69 Å². The SMILES string of the molecule is CN(C)c1ccccc1.[Cl][Pd][Cl]. The van der Waals surface area contributed by atoms with Crippen LogP contribution in [0, 0.1) is 0 Å². The van der Waals surface area contributed by atoms with Crippen LogP contribution < -0.4 is 4.90 Å². The number of hydrogen-bond donors (Lipinski definition) is 0. The second-order valence-corrected chi connectivity index (χ2v) is 4.64. The summed E-state index contributed by atoms with van der Waals surface area (Å²) in [5.41, 5.74) is 1.25. The monoisotopic (exact) mass is 297 g/mol. The van der Waals surface area contributed by atoms with Gasteiger partial charge in [-0.1, -0.05) is 18.2 Å². The average Bonchev–Trinajstić information content (AvgIpc) is 2.07. The Bertz CT molecular complexity index is 192. The molecule has 0 aromatic heterocycles. The molecule has 0 fully saturated rings. The van der Waals surface area contributed by atoms with E-state index in [0.717, 1.165) is 0 Å².